The van der Waals surface area contributed by atoms with Crippen molar-refractivity contribution in [2.75, 3.05) is 53.6 Å². The van der Waals surface area contributed by atoms with Gasteiger partial charge in [-0.3, -0.25) is 4.90 Å². The number of ether oxygens (including phenoxy) is 3. The highest BCUT2D eigenvalue weighted by atomic mass is 16.5. The van der Waals surface area contributed by atoms with E-state index in [9.17, 15) is 4.79 Å². The summed E-state index contributed by atoms with van der Waals surface area (Å²) in [4.78, 5) is 17.4. The van der Waals surface area contributed by atoms with Crippen LogP contribution in [0.4, 0.5) is 4.79 Å². The molecule has 3 rings (SSSR count). The first-order valence-electron chi connectivity index (χ1n) is 10.3. The van der Waals surface area contributed by atoms with Gasteiger partial charge >= 0.3 is 6.03 Å². The number of piperidine rings is 1. The molecule has 0 aliphatic carbocycles. The second-order valence-corrected chi connectivity index (χ2v) is 7.40. The normalized spacial score (nSPS) is 20.6. The lowest BCUT2D eigenvalue weighted by molar-refractivity contribution is 0.0326. The summed E-state index contributed by atoms with van der Waals surface area (Å²) >= 11 is 0. The van der Waals surface area contributed by atoms with Crippen LogP contribution in [-0.2, 0) is 11.3 Å². The Hall–Kier alpha value is -1.99. The van der Waals surface area contributed by atoms with Crippen molar-refractivity contribution < 1.29 is 19.0 Å². The van der Waals surface area contributed by atoms with Crippen molar-refractivity contribution in [3.8, 4) is 11.5 Å². The monoisotopic (exact) mass is 391 g/mol. The number of urea groups is 1. The third-order valence-electron chi connectivity index (χ3n) is 5.68. The van der Waals surface area contributed by atoms with E-state index in [0.717, 1.165) is 64.2 Å². The van der Waals surface area contributed by atoms with Gasteiger partial charge in [0.1, 0.15) is 0 Å². The Balaban J connectivity index is 1.55. The minimum absolute atomic E-state index is 0.0107. The van der Waals surface area contributed by atoms with Gasteiger partial charge in [-0.1, -0.05) is 12.1 Å². The minimum atomic E-state index is 0.0107. The molecule has 2 heterocycles. The summed E-state index contributed by atoms with van der Waals surface area (Å²) in [5, 5.41) is 3.08. The Bertz CT molecular complexity index is 634. The number of hydrogen-bond donors (Lipinski definition) is 1. The summed E-state index contributed by atoms with van der Waals surface area (Å²) in [6.45, 7) is 5.90. The minimum Gasteiger partial charge on any atom is -0.493 e. The number of morpholine rings is 1. The van der Waals surface area contributed by atoms with Gasteiger partial charge in [0, 0.05) is 44.3 Å². The highest BCUT2D eigenvalue weighted by molar-refractivity contribution is 5.74. The van der Waals surface area contributed by atoms with E-state index in [0.29, 0.717) is 24.1 Å². The van der Waals surface area contributed by atoms with Crippen molar-refractivity contribution in [1.29, 1.82) is 0 Å². The first-order chi connectivity index (χ1) is 13.7. The number of nitrogens with one attached hydrogen (secondary N) is 1. The van der Waals surface area contributed by atoms with Crippen LogP contribution in [-0.4, -0.2) is 75.5 Å². The fourth-order valence-corrected chi connectivity index (χ4v) is 4.09. The molecule has 0 saturated carbocycles. The average molecular weight is 392 g/mol. The maximum Gasteiger partial charge on any atom is 0.317 e. The molecule has 1 N–H and O–H groups in total. The standard InChI is InChI=1S/C21H33N3O4/c1-26-19-8-5-6-17(20(19)27-2)16-22-21(25)24-10-4-3-7-18(24)9-11-23-12-14-28-15-13-23/h5-6,8,18H,3-4,7,9-16H2,1-2H3,(H,22,25)/t18-/m1/s1. The average Bonchev–Trinajstić information content (AvgIpc) is 2.76. The third kappa shape index (κ3) is 5.29. The van der Waals surface area contributed by atoms with Crippen LogP contribution in [0, 0.1) is 0 Å². The molecule has 0 radical (unpaired) electrons. The zero-order chi connectivity index (χ0) is 19.8. The number of methoxy groups -OCH3 is 2. The van der Waals surface area contributed by atoms with E-state index >= 15 is 0 Å². The molecule has 0 unspecified atom stereocenters. The molecule has 2 amide bonds. The number of nitrogens with zero attached hydrogens (tertiary/aromatic N) is 2. The van der Waals surface area contributed by atoms with Gasteiger partial charge in [0.2, 0.25) is 0 Å². The second-order valence-electron chi connectivity index (χ2n) is 7.40. The predicted octanol–water partition coefficient (Wildman–Crippen LogP) is 2.49. The molecule has 0 bridgehead atoms. The molecule has 2 aliphatic heterocycles. The van der Waals surface area contributed by atoms with Gasteiger partial charge in [-0.25, -0.2) is 4.79 Å². The summed E-state index contributed by atoms with van der Waals surface area (Å²) in [6.07, 6.45) is 4.38. The first kappa shape index (κ1) is 20.7. The van der Waals surface area contributed by atoms with Gasteiger partial charge in [0.25, 0.3) is 0 Å². The topological polar surface area (TPSA) is 63.3 Å². The maximum atomic E-state index is 12.9. The van der Waals surface area contributed by atoms with Crippen molar-refractivity contribution in [2.24, 2.45) is 0 Å². The largest absolute Gasteiger partial charge is 0.493 e. The Morgan fingerprint density at radius 1 is 1.18 bits per heavy atom. The quantitative estimate of drug-likeness (QED) is 0.774. The molecule has 156 valence electrons. The summed E-state index contributed by atoms with van der Waals surface area (Å²) < 4.78 is 16.2. The fourth-order valence-electron chi connectivity index (χ4n) is 4.09. The van der Waals surface area contributed by atoms with Crippen molar-refractivity contribution >= 4 is 6.03 Å². The van der Waals surface area contributed by atoms with Gasteiger partial charge in [0.05, 0.1) is 27.4 Å². The molecule has 1 aromatic carbocycles. The van der Waals surface area contributed by atoms with Crippen LogP contribution >= 0.6 is 0 Å². The fraction of sp³-hybridized carbons (Fsp3) is 0.667. The Morgan fingerprint density at radius 2 is 2.00 bits per heavy atom. The van der Waals surface area contributed by atoms with Gasteiger partial charge in [-0.2, -0.15) is 0 Å². The van der Waals surface area contributed by atoms with E-state index in [1.807, 2.05) is 23.1 Å². The number of carbonyl (C=O) groups excluding carboxylic acids is 1. The van der Waals surface area contributed by atoms with Crippen LogP contribution in [0.1, 0.15) is 31.2 Å². The smallest absolute Gasteiger partial charge is 0.317 e. The van der Waals surface area contributed by atoms with E-state index in [1.54, 1.807) is 14.2 Å². The predicted molar refractivity (Wildman–Crippen MR) is 108 cm³/mol. The van der Waals surface area contributed by atoms with Crippen molar-refractivity contribution in [3.05, 3.63) is 23.8 Å². The first-order valence-corrected chi connectivity index (χ1v) is 10.3. The molecule has 0 spiro atoms. The summed E-state index contributed by atoms with van der Waals surface area (Å²) in [5.74, 6) is 1.35. The van der Waals surface area contributed by atoms with Gasteiger partial charge in [0.15, 0.2) is 11.5 Å². The lowest BCUT2D eigenvalue weighted by Gasteiger charge is -2.37. The highest BCUT2D eigenvalue weighted by Gasteiger charge is 2.27. The van der Waals surface area contributed by atoms with E-state index in [-0.39, 0.29) is 6.03 Å². The molecular formula is C21H33N3O4. The summed E-state index contributed by atoms with van der Waals surface area (Å²) in [7, 11) is 3.24. The van der Waals surface area contributed by atoms with Gasteiger partial charge in [-0.05, 0) is 31.7 Å². The summed E-state index contributed by atoms with van der Waals surface area (Å²) in [6, 6.07) is 6.04. The lowest BCUT2D eigenvalue weighted by Crippen LogP contribution is -2.50. The van der Waals surface area contributed by atoms with E-state index in [1.165, 1.54) is 6.42 Å². The van der Waals surface area contributed by atoms with E-state index in [4.69, 9.17) is 14.2 Å². The molecule has 1 atom stereocenters. The van der Waals surface area contributed by atoms with Crippen LogP contribution in [0.15, 0.2) is 18.2 Å². The number of hydrogen-bond acceptors (Lipinski definition) is 5. The van der Waals surface area contributed by atoms with Gasteiger partial charge in [-0.15, -0.1) is 0 Å². The van der Waals surface area contributed by atoms with Gasteiger partial charge < -0.3 is 24.4 Å². The second kappa shape index (κ2) is 10.5. The third-order valence-corrected chi connectivity index (χ3v) is 5.68. The Kier molecular flexibility index (Phi) is 7.80. The van der Waals surface area contributed by atoms with Crippen LogP contribution in [0.3, 0.4) is 0 Å². The molecule has 7 nitrogen and oxygen atoms in total. The Labute approximate surface area is 167 Å². The molecule has 0 aromatic heterocycles. The maximum absolute atomic E-state index is 12.9. The van der Waals surface area contributed by atoms with Crippen LogP contribution in [0.5, 0.6) is 11.5 Å². The van der Waals surface area contributed by atoms with Crippen molar-refractivity contribution in [3.63, 3.8) is 0 Å². The SMILES string of the molecule is COc1cccc(CNC(=O)N2CCCC[C@@H]2CCN2CCOCC2)c1OC. The van der Waals surface area contributed by atoms with E-state index < -0.39 is 0 Å². The number of carbonyl (C=O) groups is 1. The molecule has 2 fully saturated rings. The summed E-state index contributed by atoms with van der Waals surface area (Å²) in [5.41, 5.74) is 0.914. The molecular weight excluding hydrogens is 358 g/mol. The molecule has 2 saturated heterocycles. The van der Waals surface area contributed by atoms with Crippen LogP contribution in [0.25, 0.3) is 0 Å². The zero-order valence-corrected chi connectivity index (χ0v) is 17.1. The number of likely N-dealkylation sites (tertiary alicyclic amines) is 1. The zero-order valence-electron chi connectivity index (χ0n) is 17.1. The molecule has 1 aromatic rings. The molecule has 28 heavy (non-hydrogen) atoms. The Morgan fingerprint density at radius 3 is 2.75 bits per heavy atom. The number of benzene rings is 1. The molecule has 7 heteroatoms. The van der Waals surface area contributed by atoms with Crippen molar-refractivity contribution in [2.45, 2.75) is 38.3 Å². The lowest BCUT2D eigenvalue weighted by atomic mass is 9.99. The van der Waals surface area contributed by atoms with E-state index in [2.05, 4.69) is 10.2 Å². The highest BCUT2D eigenvalue weighted by Crippen LogP contribution is 2.30. The number of rotatable bonds is 7. The van der Waals surface area contributed by atoms with Crippen molar-refractivity contribution in [1.82, 2.24) is 15.1 Å². The van der Waals surface area contributed by atoms with Crippen LogP contribution in [0.2, 0.25) is 0 Å². The van der Waals surface area contributed by atoms with Crippen LogP contribution < -0.4 is 14.8 Å². The number of para-hydroxylation sites is 1. The molecule has 2 aliphatic rings. The number of amides is 2.